The molecular formula is C11H14N2. The Bertz CT molecular complexity index is 334. The van der Waals surface area contributed by atoms with Gasteiger partial charge in [0.2, 0.25) is 0 Å². The Morgan fingerprint density at radius 1 is 1.54 bits per heavy atom. The van der Waals surface area contributed by atoms with Crippen LogP contribution in [0.5, 0.6) is 0 Å². The summed E-state index contributed by atoms with van der Waals surface area (Å²) in [6, 6.07) is 4.07. The van der Waals surface area contributed by atoms with Crippen LogP contribution in [0.4, 0.5) is 0 Å². The van der Waals surface area contributed by atoms with Crippen LogP contribution in [-0.2, 0) is 6.42 Å². The van der Waals surface area contributed by atoms with Crippen LogP contribution >= 0.6 is 0 Å². The second-order valence-corrected chi connectivity index (χ2v) is 3.72. The van der Waals surface area contributed by atoms with Gasteiger partial charge in [0.1, 0.15) is 6.07 Å². The fraction of sp³-hybridized carbons (Fsp3) is 0.455. The van der Waals surface area contributed by atoms with Crippen molar-refractivity contribution in [3.8, 4) is 6.07 Å². The Morgan fingerprint density at radius 3 is 2.77 bits per heavy atom. The van der Waals surface area contributed by atoms with Gasteiger partial charge in [-0.2, -0.15) is 5.26 Å². The fourth-order valence-corrected chi connectivity index (χ4v) is 1.24. The van der Waals surface area contributed by atoms with Crippen molar-refractivity contribution in [2.75, 3.05) is 0 Å². The van der Waals surface area contributed by atoms with Crippen LogP contribution in [0.15, 0.2) is 12.3 Å². The van der Waals surface area contributed by atoms with Gasteiger partial charge in [-0.15, -0.1) is 0 Å². The van der Waals surface area contributed by atoms with Gasteiger partial charge in [0.15, 0.2) is 0 Å². The molecule has 1 aromatic rings. The lowest BCUT2D eigenvalue weighted by atomic mass is 10.0. The highest BCUT2D eigenvalue weighted by Gasteiger charge is 2.05. The van der Waals surface area contributed by atoms with E-state index >= 15 is 0 Å². The van der Waals surface area contributed by atoms with Crippen molar-refractivity contribution in [3.05, 3.63) is 29.1 Å². The molecule has 0 fully saturated rings. The van der Waals surface area contributed by atoms with E-state index in [1.807, 2.05) is 19.2 Å². The molecular weight excluding hydrogens is 160 g/mol. The fourth-order valence-electron chi connectivity index (χ4n) is 1.24. The van der Waals surface area contributed by atoms with Crippen molar-refractivity contribution in [2.24, 2.45) is 5.92 Å². The summed E-state index contributed by atoms with van der Waals surface area (Å²) in [4.78, 5) is 4.27. The van der Waals surface area contributed by atoms with Gasteiger partial charge in [-0.25, -0.2) is 0 Å². The molecule has 0 aromatic carbocycles. The summed E-state index contributed by atoms with van der Waals surface area (Å²) in [5.74, 6) is 0.544. The van der Waals surface area contributed by atoms with E-state index in [0.717, 1.165) is 17.7 Å². The summed E-state index contributed by atoms with van der Waals surface area (Å²) in [7, 11) is 0. The van der Waals surface area contributed by atoms with E-state index in [-0.39, 0.29) is 0 Å². The Hall–Kier alpha value is -1.36. The summed E-state index contributed by atoms with van der Waals surface area (Å²) in [6.45, 7) is 6.21. The number of rotatable bonds is 2. The Balaban J connectivity index is 3.01. The van der Waals surface area contributed by atoms with E-state index in [4.69, 9.17) is 5.26 Å². The topological polar surface area (TPSA) is 36.7 Å². The number of aryl methyl sites for hydroxylation is 1. The first-order valence-electron chi connectivity index (χ1n) is 4.49. The summed E-state index contributed by atoms with van der Waals surface area (Å²) < 4.78 is 0. The molecule has 1 heterocycles. The first-order valence-corrected chi connectivity index (χ1v) is 4.49. The maximum Gasteiger partial charge on any atom is 0.101 e. The molecule has 0 spiro atoms. The van der Waals surface area contributed by atoms with Gasteiger partial charge in [-0.05, 0) is 30.9 Å². The van der Waals surface area contributed by atoms with Crippen LogP contribution < -0.4 is 0 Å². The number of pyridine rings is 1. The average molecular weight is 174 g/mol. The number of hydrogen-bond donors (Lipinski definition) is 0. The van der Waals surface area contributed by atoms with Crippen molar-refractivity contribution in [1.29, 1.82) is 5.26 Å². The summed E-state index contributed by atoms with van der Waals surface area (Å²) in [5, 5.41) is 8.87. The third-order valence-corrected chi connectivity index (χ3v) is 1.83. The molecule has 0 radical (unpaired) electrons. The van der Waals surface area contributed by atoms with Crippen LogP contribution in [0.1, 0.15) is 30.7 Å². The predicted octanol–water partition coefficient (Wildman–Crippen LogP) is 2.46. The first kappa shape index (κ1) is 9.73. The minimum absolute atomic E-state index is 0.544. The van der Waals surface area contributed by atoms with Crippen molar-refractivity contribution in [3.63, 3.8) is 0 Å². The molecule has 0 amide bonds. The third kappa shape index (κ3) is 2.55. The zero-order valence-corrected chi connectivity index (χ0v) is 8.33. The lowest BCUT2D eigenvalue weighted by molar-refractivity contribution is 0.634. The summed E-state index contributed by atoms with van der Waals surface area (Å²) in [6.07, 6.45) is 2.70. The quantitative estimate of drug-likeness (QED) is 0.690. The Morgan fingerprint density at radius 2 is 2.23 bits per heavy atom. The Labute approximate surface area is 79.2 Å². The first-order chi connectivity index (χ1) is 6.13. The van der Waals surface area contributed by atoms with Gasteiger partial charge in [-0.1, -0.05) is 13.8 Å². The van der Waals surface area contributed by atoms with Crippen LogP contribution in [-0.4, -0.2) is 4.98 Å². The number of nitrogens with zero attached hydrogens (tertiary/aromatic N) is 2. The standard InChI is InChI=1S/C11H14N2/c1-8(2)4-11-10(6-12)5-9(3)7-13-11/h5,7-8H,4H2,1-3H3. The number of aromatic nitrogens is 1. The molecule has 0 aliphatic carbocycles. The van der Waals surface area contributed by atoms with E-state index in [0.29, 0.717) is 11.5 Å². The number of nitriles is 1. The summed E-state index contributed by atoms with van der Waals surface area (Å²) in [5.41, 5.74) is 2.68. The minimum Gasteiger partial charge on any atom is -0.260 e. The van der Waals surface area contributed by atoms with Crippen LogP contribution in [0, 0.1) is 24.2 Å². The molecule has 68 valence electrons. The highest BCUT2D eigenvalue weighted by molar-refractivity contribution is 5.35. The molecule has 2 heteroatoms. The van der Waals surface area contributed by atoms with E-state index in [2.05, 4.69) is 24.9 Å². The molecule has 13 heavy (non-hydrogen) atoms. The second kappa shape index (κ2) is 4.04. The van der Waals surface area contributed by atoms with Crippen molar-refractivity contribution in [1.82, 2.24) is 4.98 Å². The number of hydrogen-bond acceptors (Lipinski definition) is 2. The largest absolute Gasteiger partial charge is 0.260 e. The van der Waals surface area contributed by atoms with Gasteiger partial charge < -0.3 is 0 Å². The molecule has 0 saturated carbocycles. The molecule has 2 nitrogen and oxygen atoms in total. The molecule has 0 unspecified atom stereocenters. The lowest BCUT2D eigenvalue weighted by Gasteiger charge is -2.05. The SMILES string of the molecule is Cc1cnc(CC(C)C)c(C#N)c1. The van der Waals surface area contributed by atoms with Crippen molar-refractivity contribution in [2.45, 2.75) is 27.2 Å². The minimum atomic E-state index is 0.544. The van der Waals surface area contributed by atoms with Gasteiger partial charge in [0, 0.05) is 6.20 Å². The van der Waals surface area contributed by atoms with Gasteiger partial charge in [0.25, 0.3) is 0 Å². The molecule has 1 rings (SSSR count). The molecule has 0 N–H and O–H groups in total. The van der Waals surface area contributed by atoms with E-state index in [1.165, 1.54) is 0 Å². The highest BCUT2D eigenvalue weighted by Crippen LogP contribution is 2.11. The third-order valence-electron chi connectivity index (χ3n) is 1.83. The smallest absolute Gasteiger partial charge is 0.101 e. The maximum absolute atomic E-state index is 8.87. The van der Waals surface area contributed by atoms with Crippen LogP contribution in [0.3, 0.4) is 0 Å². The van der Waals surface area contributed by atoms with Crippen LogP contribution in [0.25, 0.3) is 0 Å². The molecule has 1 aromatic heterocycles. The second-order valence-electron chi connectivity index (χ2n) is 3.72. The summed E-state index contributed by atoms with van der Waals surface area (Å²) >= 11 is 0. The van der Waals surface area contributed by atoms with Crippen LogP contribution in [0.2, 0.25) is 0 Å². The molecule has 0 saturated heterocycles. The average Bonchev–Trinajstić information content (AvgIpc) is 2.07. The van der Waals surface area contributed by atoms with E-state index in [9.17, 15) is 0 Å². The van der Waals surface area contributed by atoms with Gasteiger partial charge in [-0.3, -0.25) is 4.98 Å². The van der Waals surface area contributed by atoms with E-state index in [1.54, 1.807) is 0 Å². The maximum atomic E-state index is 8.87. The highest BCUT2D eigenvalue weighted by atomic mass is 14.7. The molecule has 0 aliphatic heterocycles. The predicted molar refractivity (Wildman–Crippen MR) is 52.2 cm³/mol. The molecule has 0 atom stereocenters. The lowest BCUT2D eigenvalue weighted by Crippen LogP contribution is -2.00. The normalized spacial score (nSPS) is 10.1. The zero-order chi connectivity index (χ0) is 9.84. The molecule has 0 aliphatic rings. The Kier molecular flexibility index (Phi) is 3.02. The zero-order valence-electron chi connectivity index (χ0n) is 8.33. The van der Waals surface area contributed by atoms with Crippen molar-refractivity contribution >= 4 is 0 Å². The van der Waals surface area contributed by atoms with Crippen molar-refractivity contribution < 1.29 is 0 Å². The molecule has 0 bridgehead atoms. The van der Waals surface area contributed by atoms with Gasteiger partial charge in [0.05, 0.1) is 11.3 Å². The van der Waals surface area contributed by atoms with Gasteiger partial charge >= 0.3 is 0 Å². The monoisotopic (exact) mass is 174 g/mol. The van der Waals surface area contributed by atoms with E-state index < -0.39 is 0 Å².